The van der Waals surface area contributed by atoms with Crippen LogP contribution < -0.4 is 0 Å². The van der Waals surface area contributed by atoms with E-state index in [1.165, 1.54) is 6.92 Å². The van der Waals surface area contributed by atoms with Crippen LogP contribution >= 0.6 is 0 Å². The van der Waals surface area contributed by atoms with Gasteiger partial charge in [-0.05, 0) is 26.7 Å². The first-order valence-electron chi connectivity index (χ1n) is 7.31. The summed E-state index contributed by atoms with van der Waals surface area (Å²) in [5.74, 6) is -1.51. The molecule has 1 rings (SSSR count). The van der Waals surface area contributed by atoms with Gasteiger partial charge in [-0.3, -0.25) is 0 Å². The zero-order chi connectivity index (χ0) is 16.7. The van der Waals surface area contributed by atoms with Crippen LogP contribution in [0.4, 0.5) is 0 Å². The maximum atomic E-state index is 11.5. The van der Waals surface area contributed by atoms with Crippen molar-refractivity contribution in [2.75, 3.05) is 6.79 Å². The van der Waals surface area contributed by atoms with E-state index in [0.29, 0.717) is 18.4 Å². The van der Waals surface area contributed by atoms with Crippen LogP contribution in [0.2, 0.25) is 0 Å². The molecule has 1 saturated carbocycles. The molecule has 0 bridgehead atoms. The molecule has 1 N–H and O–H groups in total. The fraction of sp³-hybridized carbons (Fsp3) is 0.625. The van der Waals surface area contributed by atoms with E-state index in [9.17, 15) is 14.7 Å². The number of aliphatic hydroxyl groups is 1. The van der Waals surface area contributed by atoms with Crippen molar-refractivity contribution in [3.05, 3.63) is 24.3 Å². The smallest absolute Gasteiger partial charge is 0.335 e. The number of esters is 2. The van der Waals surface area contributed by atoms with Gasteiger partial charge in [0.1, 0.15) is 0 Å². The maximum absolute atomic E-state index is 11.5. The first-order valence-corrected chi connectivity index (χ1v) is 7.31. The molecule has 0 heterocycles. The fourth-order valence-electron chi connectivity index (χ4n) is 2.25. The summed E-state index contributed by atoms with van der Waals surface area (Å²) in [7, 11) is 0. The van der Waals surface area contributed by atoms with E-state index in [4.69, 9.17) is 14.2 Å². The van der Waals surface area contributed by atoms with Crippen molar-refractivity contribution in [1.82, 2.24) is 0 Å². The Bertz CT molecular complexity index is 442. The number of rotatable bonds is 7. The first kappa shape index (κ1) is 18.4. The Kier molecular flexibility index (Phi) is 7.27. The highest BCUT2D eigenvalue weighted by atomic mass is 16.7. The highest BCUT2D eigenvalue weighted by molar-refractivity contribution is 5.87. The molecule has 0 amide bonds. The molecule has 0 aromatic rings. The molecule has 1 aliphatic carbocycles. The predicted octanol–water partition coefficient (Wildman–Crippen LogP) is 2.08. The Hall–Kier alpha value is -1.66. The van der Waals surface area contributed by atoms with Crippen molar-refractivity contribution in [3.63, 3.8) is 0 Å². The summed E-state index contributed by atoms with van der Waals surface area (Å²) in [5.41, 5.74) is 0.516. The van der Waals surface area contributed by atoms with Crippen molar-refractivity contribution in [3.8, 4) is 0 Å². The summed E-state index contributed by atoms with van der Waals surface area (Å²) in [4.78, 5) is 22.8. The Morgan fingerprint density at radius 2 is 1.73 bits per heavy atom. The van der Waals surface area contributed by atoms with Crippen molar-refractivity contribution in [1.29, 1.82) is 0 Å². The lowest BCUT2D eigenvalue weighted by molar-refractivity contribution is -0.198. The van der Waals surface area contributed by atoms with Crippen LogP contribution in [0.25, 0.3) is 0 Å². The zero-order valence-electron chi connectivity index (χ0n) is 13.2. The highest BCUT2D eigenvalue weighted by Gasteiger charge is 2.34. The van der Waals surface area contributed by atoms with Gasteiger partial charge in [-0.15, -0.1) is 0 Å². The molecule has 0 spiro atoms. The maximum Gasteiger partial charge on any atom is 0.335 e. The molecule has 6 heteroatoms. The number of carbonyl (C=O) groups is 2. The van der Waals surface area contributed by atoms with E-state index in [-0.39, 0.29) is 24.4 Å². The highest BCUT2D eigenvalue weighted by Crippen LogP contribution is 2.30. The molecule has 22 heavy (non-hydrogen) atoms. The topological polar surface area (TPSA) is 82.1 Å². The lowest BCUT2D eigenvalue weighted by atomic mass is 9.86. The number of hydrogen-bond donors (Lipinski definition) is 1. The summed E-state index contributed by atoms with van der Waals surface area (Å²) in [6.07, 6.45) is 1.64. The Labute approximate surface area is 130 Å². The Morgan fingerprint density at radius 1 is 1.14 bits per heavy atom. The largest absolute Gasteiger partial charge is 0.435 e. The standard InChI is InChI=1S/C16H24O6/c1-10(2)14(17)21-9-20-13-8-6-5-7-12(13)16(19)22-15(18)11(3)4/h12-13,16,19H,1,3,5-9H2,2,4H3. The zero-order valence-corrected chi connectivity index (χ0v) is 13.2. The van der Waals surface area contributed by atoms with E-state index in [1.54, 1.807) is 6.92 Å². The third-order valence-corrected chi connectivity index (χ3v) is 3.52. The number of ether oxygens (including phenoxy) is 3. The summed E-state index contributed by atoms with van der Waals surface area (Å²) < 4.78 is 15.4. The first-order chi connectivity index (χ1) is 10.3. The lowest BCUT2D eigenvalue weighted by Crippen LogP contribution is -2.39. The van der Waals surface area contributed by atoms with Gasteiger partial charge in [0.15, 0.2) is 6.79 Å². The van der Waals surface area contributed by atoms with Crippen molar-refractivity contribution < 1.29 is 28.9 Å². The molecule has 0 saturated heterocycles. The Balaban J connectivity index is 2.52. The van der Waals surface area contributed by atoms with Crippen molar-refractivity contribution in [2.45, 2.75) is 51.9 Å². The number of carbonyl (C=O) groups excluding carboxylic acids is 2. The molecular weight excluding hydrogens is 288 g/mol. The molecule has 0 aromatic heterocycles. The van der Waals surface area contributed by atoms with Crippen LogP contribution in [0.3, 0.4) is 0 Å². The second-order valence-electron chi connectivity index (χ2n) is 5.56. The van der Waals surface area contributed by atoms with Crippen molar-refractivity contribution in [2.24, 2.45) is 5.92 Å². The van der Waals surface area contributed by atoms with E-state index in [0.717, 1.165) is 12.8 Å². The Morgan fingerprint density at radius 3 is 2.32 bits per heavy atom. The van der Waals surface area contributed by atoms with E-state index < -0.39 is 18.2 Å². The summed E-state index contributed by atoms with van der Waals surface area (Å²) in [6, 6.07) is 0. The van der Waals surface area contributed by atoms with E-state index in [1.807, 2.05) is 0 Å². The summed E-state index contributed by atoms with van der Waals surface area (Å²) in [5, 5.41) is 10.1. The van der Waals surface area contributed by atoms with Gasteiger partial charge in [0.25, 0.3) is 0 Å². The van der Waals surface area contributed by atoms with Crippen LogP contribution in [-0.2, 0) is 23.8 Å². The molecule has 0 aliphatic heterocycles. The number of hydrogen-bond acceptors (Lipinski definition) is 6. The minimum absolute atomic E-state index is 0.214. The van der Waals surface area contributed by atoms with Gasteiger partial charge >= 0.3 is 11.9 Å². The van der Waals surface area contributed by atoms with Crippen LogP contribution in [0.1, 0.15) is 39.5 Å². The van der Waals surface area contributed by atoms with Crippen LogP contribution in [0, 0.1) is 5.92 Å². The van der Waals surface area contributed by atoms with Gasteiger partial charge in [0.2, 0.25) is 6.29 Å². The summed E-state index contributed by atoms with van der Waals surface area (Å²) in [6.45, 7) is 9.80. The second kappa shape index (κ2) is 8.70. The number of aliphatic hydroxyl groups excluding tert-OH is 1. The average Bonchev–Trinajstić information content (AvgIpc) is 2.47. The van der Waals surface area contributed by atoms with Crippen LogP contribution in [0.5, 0.6) is 0 Å². The third-order valence-electron chi connectivity index (χ3n) is 3.52. The van der Waals surface area contributed by atoms with Gasteiger partial charge in [-0.1, -0.05) is 26.0 Å². The minimum atomic E-state index is -1.26. The lowest BCUT2D eigenvalue weighted by Gasteiger charge is -2.33. The molecule has 0 radical (unpaired) electrons. The van der Waals surface area contributed by atoms with Gasteiger partial charge < -0.3 is 19.3 Å². The second-order valence-corrected chi connectivity index (χ2v) is 5.56. The van der Waals surface area contributed by atoms with Crippen LogP contribution in [0.15, 0.2) is 24.3 Å². The fourth-order valence-corrected chi connectivity index (χ4v) is 2.25. The van der Waals surface area contributed by atoms with Gasteiger partial charge in [0, 0.05) is 17.1 Å². The van der Waals surface area contributed by atoms with Crippen LogP contribution in [-0.4, -0.2) is 36.2 Å². The molecule has 3 atom stereocenters. The SMILES string of the molecule is C=C(C)C(=O)OCOC1CCCCC1C(O)OC(=O)C(=C)C. The van der Waals surface area contributed by atoms with Gasteiger partial charge in [-0.2, -0.15) is 0 Å². The molecule has 0 aromatic carbocycles. The van der Waals surface area contributed by atoms with Gasteiger partial charge in [0.05, 0.1) is 6.10 Å². The predicted molar refractivity (Wildman–Crippen MR) is 79.5 cm³/mol. The third kappa shape index (κ3) is 5.61. The molecule has 1 fully saturated rings. The molecule has 124 valence electrons. The van der Waals surface area contributed by atoms with E-state index >= 15 is 0 Å². The normalized spacial score (nSPS) is 22.5. The molecular formula is C16H24O6. The minimum Gasteiger partial charge on any atom is -0.435 e. The van der Waals surface area contributed by atoms with Crippen molar-refractivity contribution >= 4 is 11.9 Å². The summed E-state index contributed by atoms with van der Waals surface area (Å²) >= 11 is 0. The average molecular weight is 312 g/mol. The monoisotopic (exact) mass is 312 g/mol. The molecule has 3 unspecified atom stereocenters. The molecule has 6 nitrogen and oxygen atoms in total. The molecule has 1 aliphatic rings. The van der Waals surface area contributed by atoms with E-state index in [2.05, 4.69) is 13.2 Å². The quantitative estimate of drug-likeness (QED) is 0.440. The van der Waals surface area contributed by atoms with Gasteiger partial charge in [-0.25, -0.2) is 9.59 Å².